The third-order valence-corrected chi connectivity index (χ3v) is 12.4. The van der Waals surface area contributed by atoms with Crippen LogP contribution in [0, 0.1) is 0 Å². The van der Waals surface area contributed by atoms with Crippen LogP contribution in [0.15, 0.2) is 72.8 Å². The van der Waals surface area contributed by atoms with Crippen molar-refractivity contribution in [1.29, 1.82) is 0 Å². The first-order valence-corrected chi connectivity index (χ1v) is 17.3. The van der Waals surface area contributed by atoms with E-state index in [2.05, 4.69) is 77.0 Å². The second-order valence-corrected chi connectivity index (χ2v) is 14.3. The molecule has 0 atom stereocenters. The Labute approximate surface area is 213 Å². The van der Waals surface area contributed by atoms with Crippen LogP contribution in [-0.4, -0.2) is 23.3 Å². The number of benzene rings is 2. The van der Waals surface area contributed by atoms with Crippen LogP contribution >= 0.6 is 0 Å². The van der Waals surface area contributed by atoms with Gasteiger partial charge in [0.25, 0.3) is 0 Å². The van der Waals surface area contributed by atoms with Crippen LogP contribution in [0.2, 0.25) is 11.1 Å². The van der Waals surface area contributed by atoms with E-state index in [1.165, 1.54) is 97.1 Å². The minimum Gasteiger partial charge on any atom is -0.162 e. The Bertz CT molecular complexity index is 1010. The van der Waals surface area contributed by atoms with Crippen LogP contribution in [0.5, 0.6) is 0 Å². The van der Waals surface area contributed by atoms with Crippen molar-refractivity contribution in [2.45, 2.75) is 62.4 Å². The fraction of sp³-hybridized carbons (Fsp3) is 0.345. The van der Waals surface area contributed by atoms with E-state index in [0.29, 0.717) is 0 Å². The molecule has 0 nitrogen and oxygen atoms in total. The molecule has 0 radical (unpaired) electrons. The molecule has 32 heavy (non-hydrogen) atoms. The zero-order valence-corrected chi connectivity index (χ0v) is 24.6. The van der Waals surface area contributed by atoms with Crippen molar-refractivity contribution in [1.82, 2.24) is 0 Å². The van der Waals surface area contributed by atoms with Crippen LogP contribution in [0.4, 0.5) is 0 Å². The van der Waals surface area contributed by atoms with Crippen molar-refractivity contribution in [3.8, 4) is 0 Å². The third-order valence-electron chi connectivity index (χ3n) is 7.51. The average molecular weight is 532 g/mol. The smallest absolute Gasteiger partial charge is 0.000505 e. The average Bonchev–Trinajstić information content (AvgIpc) is 3.66. The second-order valence-electron chi connectivity index (χ2n) is 9.60. The quantitative estimate of drug-likeness (QED) is 0.244. The first-order chi connectivity index (χ1) is 15.9. The second kappa shape index (κ2) is 12.3. The minimum absolute atomic E-state index is 0.0146. The van der Waals surface area contributed by atoms with Gasteiger partial charge in [-0.2, -0.15) is 33.3 Å². The van der Waals surface area contributed by atoms with E-state index < -0.39 is 0 Å². The van der Waals surface area contributed by atoms with Gasteiger partial charge in [0.2, 0.25) is 0 Å². The van der Waals surface area contributed by atoms with E-state index in [-0.39, 0.29) is 19.0 Å². The Morgan fingerprint density at radius 2 is 1.00 bits per heavy atom. The number of hydrogen-bond acceptors (Lipinski definition) is 0. The maximum Gasteiger partial charge on any atom is 0.000505 e. The molecule has 0 spiro atoms. The monoisotopic (exact) mass is 530 g/mol. The Morgan fingerprint density at radius 1 is 0.625 bits per heavy atom. The van der Waals surface area contributed by atoms with E-state index in [1.54, 1.807) is 10.4 Å². The molecular formula is C29H36Si2Zr. The van der Waals surface area contributed by atoms with Crippen molar-refractivity contribution in [2.24, 2.45) is 0 Å². The van der Waals surface area contributed by atoms with Gasteiger partial charge in [0.05, 0.1) is 0 Å². The number of fused-ring (bicyclic) bond motifs is 2. The summed E-state index contributed by atoms with van der Waals surface area (Å²) < 4.78 is 3.34. The van der Waals surface area contributed by atoms with Gasteiger partial charge in [-0.15, -0.1) is 59.3 Å². The fourth-order valence-electron chi connectivity index (χ4n) is 5.84. The molecule has 2 fully saturated rings. The van der Waals surface area contributed by atoms with E-state index in [9.17, 15) is 0 Å². The molecule has 0 saturated heterocycles. The minimum atomic E-state index is -0.0146. The molecule has 4 aromatic carbocycles. The maximum absolute atomic E-state index is 3.34. The summed E-state index contributed by atoms with van der Waals surface area (Å²) in [6, 6.07) is 27.1. The summed E-state index contributed by atoms with van der Waals surface area (Å²) in [5.41, 5.74) is 2.19. The molecule has 0 aromatic heterocycles. The van der Waals surface area contributed by atoms with Gasteiger partial charge in [-0.25, -0.2) is 0 Å². The number of rotatable bonds is 4. The molecular weight excluding hydrogens is 496 g/mol. The molecule has 6 rings (SSSR count). The Hall–Kier alpha value is -1.15. The predicted octanol–water partition coefficient (Wildman–Crippen LogP) is 5.40. The van der Waals surface area contributed by atoms with E-state index in [0.717, 1.165) is 11.1 Å². The summed E-state index contributed by atoms with van der Waals surface area (Å²) in [6.45, 7) is 0. The van der Waals surface area contributed by atoms with Crippen molar-refractivity contribution in [3.63, 3.8) is 0 Å². The van der Waals surface area contributed by atoms with Crippen LogP contribution in [0.25, 0.3) is 21.5 Å². The molecule has 0 heterocycles. The molecule has 2 aliphatic rings. The van der Waals surface area contributed by atoms with Crippen LogP contribution in [-0.2, 0) is 24.2 Å². The van der Waals surface area contributed by atoms with Crippen LogP contribution in [0.1, 0.15) is 51.4 Å². The van der Waals surface area contributed by atoms with Gasteiger partial charge in [-0.3, -0.25) is 0 Å². The van der Waals surface area contributed by atoms with Gasteiger partial charge in [0.15, 0.2) is 0 Å². The fourth-order valence-corrected chi connectivity index (χ4v) is 10.6. The molecule has 0 unspecified atom stereocenters. The van der Waals surface area contributed by atoms with E-state index in [1.807, 2.05) is 0 Å². The van der Waals surface area contributed by atoms with Crippen molar-refractivity contribution >= 4 is 55.2 Å². The van der Waals surface area contributed by atoms with Gasteiger partial charge in [-0.1, -0.05) is 74.6 Å². The Morgan fingerprint density at radius 3 is 1.41 bits per heavy atom. The van der Waals surface area contributed by atoms with Gasteiger partial charge in [0, 0.05) is 19.0 Å². The van der Waals surface area contributed by atoms with Crippen molar-refractivity contribution in [2.75, 3.05) is 0 Å². The summed E-state index contributed by atoms with van der Waals surface area (Å²) in [5, 5.41) is 9.37. The number of hydrogen-bond donors (Lipinski definition) is 0. The third kappa shape index (κ3) is 6.04. The van der Waals surface area contributed by atoms with Gasteiger partial charge in [0.1, 0.15) is 0 Å². The SMILES string of the molecule is [CH2]=[Zr+2].c1ccc2c([SiH2]C3CCCC3)c[cH-]c2c1.c1ccc2c([SiH2]C3CCCC3)c[cH-]c2c1. The molecule has 2 saturated carbocycles. The van der Waals surface area contributed by atoms with Crippen LogP contribution < -0.4 is 10.4 Å². The Balaban J connectivity index is 0.000000142. The molecule has 0 amide bonds. The standard InChI is InChI=1S/2C14H17Si.CH2.Zr/c2*1-4-8-13-11(5-1)9-10-14(13)15-12-6-2-3-7-12;;/h2*1,4-5,8-10,12H,2-3,6-7,15H2;1H2;/q2*-1;;+2. The summed E-state index contributed by atoms with van der Waals surface area (Å²) in [7, 11) is -0.0292. The van der Waals surface area contributed by atoms with Gasteiger partial charge in [-0.05, 0) is 0 Å². The van der Waals surface area contributed by atoms with Crippen molar-refractivity contribution < 1.29 is 24.2 Å². The molecule has 4 aromatic rings. The summed E-state index contributed by atoms with van der Waals surface area (Å²) >= 11 is 1.30. The summed E-state index contributed by atoms with van der Waals surface area (Å²) in [5.74, 6) is 0. The topological polar surface area (TPSA) is 0 Å². The molecule has 0 aliphatic heterocycles. The van der Waals surface area contributed by atoms with E-state index >= 15 is 0 Å². The molecule has 3 heteroatoms. The zero-order chi connectivity index (χ0) is 22.2. The summed E-state index contributed by atoms with van der Waals surface area (Å²) in [4.78, 5) is 0. The largest absolute Gasteiger partial charge is 0.162 e. The predicted molar refractivity (Wildman–Crippen MR) is 147 cm³/mol. The normalized spacial score (nSPS) is 17.4. The summed E-state index contributed by atoms with van der Waals surface area (Å²) in [6.07, 6.45) is 12.0. The van der Waals surface area contributed by atoms with Crippen LogP contribution in [0.3, 0.4) is 0 Å². The maximum atomic E-state index is 3.34. The van der Waals surface area contributed by atoms with Crippen molar-refractivity contribution in [3.05, 3.63) is 72.8 Å². The first-order valence-electron chi connectivity index (χ1n) is 12.5. The van der Waals surface area contributed by atoms with Gasteiger partial charge >= 0.3 is 28.4 Å². The zero-order valence-electron chi connectivity index (χ0n) is 19.4. The molecule has 164 valence electrons. The molecule has 2 aliphatic carbocycles. The van der Waals surface area contributed by atoms with E-state index in [4.69, 9.17) is 0 Å². The molecule has 0 bridgehead atoms. The first kappa shape index (κ1) is 24.0. The Kier molecular flexibility index (Phi) is 9.26. The van der Waals surface area contributed by atoms with Gasteiger partial charge < -0.3 is 0 Å². The molecule has 0 N–H and O–H groups in total.